The smallest absolute Gasteiger partial charge is 0.326 e. The molecular formula is C21H25N3O3. The van der Waals surface area contributed by atoms with Crippen LogP contribution in [0.1, 0.15) is 53.8 Å². The van der Waals surface area contributed by atoms with Gasteiger partial charge in [-0.2, -0.15) is 5.10 Å². The molecule has 1 amide bonds. The largest absolute Gasteiger partial charge is 0.480 e. The molecule has 2 aromatic rings. The fourth-order valence-corrected chi connectivity index (χ4v) is 4.76. The minimum Gasteiger partial charge on any atom is -0.480 e. The first-order chi connectivity index (χ1) is 13.0. The van der Waals surface area contributed by atoms with Crippen LogP contribution in [-0.2, 0) is 4.79 Å². The predicted octanol–water partition coefficient (Wildman–Crippen LogP) is 3.35. The lowest BCUT2D eigenvalue weighted by molar-refractivity contribution is -0.141. The fraction of sp³-hybridized carbons (Fsp3) is 0.476. The van der Waals surface area contributed by atoms with Gasteiger partial charge in [0.1, 0.15) is 6.04 Å². The molecule has 6 nitrogen and oxygen atoms in total. The number of carbonyl (C=O) groups is 2. The minimum absolute atomic E-state index is 0.0584. The molecular weight excluding hydrogens is 342 g/mol. The number of fused-ring (bicyclic) bond motifs is 1. The van der Waals surface area contributed by atoms with Gasteiger partial charge in [-0.05, 0) is 69.4 Å². The molecule has 1 aliphatic heterocycles. The summed E-state index contributed by atoms with van der Waals surface area (Å²) in [6.45, 7) is 3.94. The molecule has 1 aromatic carbocycles. The molecule has 1 aliphatic carbocycles. The Morgan fingerprint density at radius 3 is 2.44 bits per heavy atom. The van der Waals surface area contributed by atoms with Crippen LogP contribution in [0.2, 0.25) is 0 Å². The van der Waals surface area contributed by atoms with Crippen molar-refractivity contribution in [3.05, 3.63) is 47.3 Å². The molecule has 4 rings (SSSR count). The molecule has 3 unspecified atom stereocenters. The van der Waals surface area contributed by atoms with Crippen molar-refractivity contribution in [2.24, 2.45) is 5.92 Å². The molecule has 6 heteroatoms. The summed E-state index contributed by atoms with van der Waals surface area (Å²) in [4.78, 5) is 26.6. The molecule has 3 atom stereocenters. The van der Waals surface area contributed by atoms with E-state index in [2.05, 4.69) is 5.10 Å². The Bertz CT molecular complexity index is 871. The van der Waals surface area contributed by atoms with Crippen molar-refractivity contribution >= 4 is 11.9 Å². The van der Waals surface area contributed by atoms with Crippen LogP contribution in [0.3, 0.4) is 0 Å². The Labute approximate surface area is 158 Å². The number of carbonyl (C=O) groups excluding carboxylic acids is 1. The minimum atomic E-state index is -0.892. The van der Waals surface area contributed by atoms with Crippen molar-refractivity contribution in [3.63, 3.8) is 0 Å². The number of amides is 1. The van der Waals surface area contributed by atoms with E-state index in [1.54, 1.807) is 17.0 Å². The van der Waals surface area contributed by atoms with E-state index in [4.69, 9.17) is 0 Å². The summed E-state index contributed by atoms with van der Waals surface area (Å²) in [5.41, 5.74) is 3.40. The Morgan fingerprint density at radius 2 is 1.81 bits per heavy atom. The number of benzene rings is 1. The van der Waals surface area contributed by atoms with Crippen molar-refractivity contribution in [1.29, 1.82) is 0 Å². The van der Waals surface area contributed by atoms with E-state index < -0.39 is 12.0 Å². The van der Waals surface area contributed by atoms with Crippen molar-refractivity contribution < 1.29 is 14.7 Å². The molecule has 1 saturated carbocycles. The molecule has 1 saturated heterocycles. The Morgan fingerprint density at radius 1 is 1.11 bits per heavy atom. The lowest BCUT2D eigenvalue weighted by Gasteiger charge is -2.33. The predicted molar refractivity (Wildman–Crippen MR) is 101 cm³/mol. The topological polar surface area (TPSA) is 75.4 Å². The molecule has 1 aromatic heterocycles. The number of aliphatic carboxylic acids is 1. The third-order valence-electron chi connectivity index (χ3n) is 5.98. The summed E-state index contributed by atoms with van der Waals surface area (Å²) < 4.78 is 1.84. The zero-order chi connectivity index (χ0) is 19.1. The molecule has 0 spiro atoms. The molecule has 2 aliphatic rings. The second kappa shape index (κ2) is 6.83. The maximum absolute atomic E-state index is 13.2. The molecule has 2 heterocycles. The second-order valence-corrected chi connectivity index (χ2v) is 7.80. The van der Waals surface area contributed by atoms with Crippen molar-refractivity contribution in [3.8, 4) is 5.69 Å². The summed E-state index contributed by atoms with van der Waals surface area (Å²) in [7, 11) is 0. The van der Waals surface area contributed by atoms with Gasteiger partial charge in [-0.3, -0.25) is 4.79 Å². The Hall–Kier alpha value is -2.63. The van der Waals surface area contributed by atoms with Gasteiger partial charge in [0.05, 0.1) is 11.4 Å². The zero-order valence-corrected chi connectivity index (χ0v) is 15.8. The monoisotopic (exact) mass is 367 g/mol. The molecule has 27 heavy (non-hydrogen) atoms. The van der Waals surface area contributed by atoms with E-state index in [-0.39, 0.29) is 11.9 Å². The molecule has 142 valence electrons. The van der Waals surface area contributed by atoms with Gasteiger partial charge in [0.2, 0.25) is 0 Å². The van der Waals surface area contributed by atoms with Crippen LogP contribution in [0, 0.1) is 19.8 Å². The lowest BCUT2D eigenvalue weighted by Crippen LogP contribution is -2.46. The van der Waals surface area contributed by atoms with Crippen LogP contribution in [0.15, 0.2) is 30.3 Å². The Kier molecular flexibility index (Phi) is 4.50. The van der Waals surface area contributed by atoms with E-state index in [0.29, 0.717) is 17.9 Å². The zero-order valence-electron chi connectivity index (χ0n) is 15.8. The van der Waals surface area contributed by atoms with E-state index in [9.17, 15) is 14.7 Å². The highest BCUT2D eigenvalue weighted by atomic mass is 16.4. The summed E-state index contributed by atoms with van der Waals surface area (Å²) in [6, 6.07) is 8.66. The first-order valence-electron chi connectivity index (χ1n) is 9.65. The Balaban J connectivity index is 1.61. The van der Waals surface area contributed by atoms with Gasteiger partial charge < -0.3 is 10.0 Å². The maximum Gasteiger partial charge on any atom is 0.326 e. The number of carboxylic acid groups (broad SMARTS) is 1. The number of hydrogen-bond donors (Lipinski definition) is 1. The highest BCUT2D eigenvalue weighted by Gasteiger charge is 2.47. The van der Waals surface area contributed by atoms with E-state index in [1.165, 1.54) is 0 Å². The van der Waals surface area contributed by atoms with Crippen LogP contribution in [0.25, 0.3) is 5.69 Å². The van der Waals surface area contributed by atoms with E-state index in [0.717, 1.165) is 42.8 Å². The third kappa shape index (κ3) is 3.13. The summed E-state index contributed by atoms with van der Waals surface area (Å²) in [5, 5.41) is 14.1. The molecule has 0 bridgehead atoms. The van der Waals surface area contributed by atoms with Crippen molar-refractivity contribution in [1.82, 2.24) is 14.7 Å². The van der Waals surface area contributed by atoms with Crippen LogP contribution in [0.4, 0.5) is 0 Å². The van der Waals surface area contributed by atoms with Crippen LogP contribution < -0.4 is 0 Å². The maximum atomic E-state index is 13.2. The average Bonchev–Trinajstić information content (AvgIpc) is 3.21. The number of carboxylic acids is 1. The number of aromatic nitrogens is 2. The number of likely N-dealkylation sites (tertiary alicyclic amines) is 1. The summed E-state index contributed by atoms with van der Waals surface area (Å²) in [5.74, 6) is -0.744. The van der Waals surface area contributed by atoms with Gasteiger partial charge in [0, 0.05) is 17.3 Å². The van der Waals surface area contributed by atoms with Gasteiger partial charge in [0.25, 0.3) is 5.91 Å². The number of rotatable bonds is 3. The van der Waals surface area contributed by atoms with E-state index >= 15 is 0 Å². The average molecular weight is 367 g/mol. The number of nitrogens with zero attached hydrogens (tertiary/aromatic N) is 3. The SMILES string of the molecule is Cc1cc(C)n(-c2ccc(C(=O)N3C(C(=O)O)CC4CCCCC43)cc2)n1. The quantitative estimate of drug-likeness (QED) is 0.903. The lowest BCUT2D eigenvalue weighted by atomic mass is 9.84. The molecule has 2 fully saturated rings. The molecule has 1 N–H and O–H groups in total. The van der Waals surface area contributed by atoms with E-state index in [1.807, 2.05) is 36.7 Å². The third-order valence-corrected chi connectivity index (χ3v) is 5.98. The van der Waals surface area contributed by atoms with Gasteiger partial charge in [-0.1, -0.05) is 12.8 Å². The van der Waals surface area contributed by atoms with Crippen LogP contribution in [0.5, 0.6) is 0 Å². The van der Waals surface area contributed by atoms with Gasteiger partial charge >= 0.3 is 5.97 Å². The van der Waals surface area contributed by atoms with Crippen molar-refractivity contribution in [2.45, 2.75) is 58.0 Å². The number of aryl methyl sites for hydroxylation is 2. The van der Waals surface area contributed by atoms with Crippen molar-refractivity contribution in [2.75, 3.05) is 0 Å². The first-order valence-corrected chi connectivity index (χ1v) is 9.65. The van der Waals surface area contributed by atoms with Crippen LogP contribution in [-0.4, -0.2) is 43.7 Å². The van der Waals surface area contributed by atoms with Gasteiger partial charge in [-0.25, -0.2) is 9.48 Å². The van der Waals surface area contributed by atoms with Crippen LogP contribution >= 0.6 is 0 Å². The molecule has 0 radical (unpaired) electrons. The fourth-order valence-electron chi connectivity index (χ4n) is 4.76. The highest BCUT2D eigenvalue weighted by Crippen LogP contribution is 2.40. The highest BCUT2D eigenvalue weighted by molar-refractivity contribution is 5.97. The standard InChI is InChI=1S/C21H25N3O3/c1-13-11-14(2)24(22-13)17-9-7-15(8-10-17)20(25)23-18-6-4-3-5-16(18)12-19(23)21(26)27/h7-11,16,18-19H,3-6,12H2,1-2H3,(H,26,27). The second-order valence-electron chi connectivity index (χ2n) is 7.80. The number of hydrogen-bond acceptors (Lipinski definition) is 3. The van der Waals surface area contributed by atoms with Gasteiger partial charge in [0.15, 0.2) is 0 Å². The summed E-state index contributed by atoms with van der Waals surface area (Å²) in [6.07, 6.45) is 4.70. The summed E-state index contributed by atoms with van der Waals surface area (Å²) >= 11 is 0. The van der Waals surface area contributed by atoms with Gasteiger partial charge in [-0.15, -0.1) is 0 Å². The first kappa shape index (κ1) is 17.8. The normalized spacial score (nSPS) is 24.7.